The Morgan fingerprint density at radius 2 is 0.935 bits per heavy atom. The van der Waals surface area contributed by atoms with E-state index < -0.39 is 0 Å². The van der Waals surface area contributed by atoms with Crippen molar-refractivity contribution in [2.24, 2.45) is 0 Å². The van der Waals surface area contributed by atoms with Gasteiger partial charge in [-0.1, -0.05) is 120 Å². The second-order valence-electron chi connectivity index (χ2n) is 13.0. The summed E-state index contributed by atoms with van der Waals surface area (Å²) in [6.45, 7) is 0. The van der Waals surface area contributed by atoms with Crippen LogP contribution in [0.2, 0.25) is 0 Å². The van der Waals surface area contributed by atoms with Crippen molar-refractivity contribution < 1.29 is 4.42 Å². The number of hydrogen-bond acceptors (Lipinski definition) is 1. The Labute approximate surface area is 273 Å². The van der Waals surface area contributed by atoms with E-state index in [-0.39, 0.29) is 0 Å². The highest BCUT2D eigenvalue weighted by molar-refractivity contribution is 6.68. The van der Waals surface area contributed by atoms with Gasteiger partial charge in [0.2, 0.25) is 0 Å². The molecule has 0 spiro atoms. The first-order valence-corrected chi connectivity index (χ1v) is 16.2. The summed E-state index contributed by atoms with van der Waals surface area (Å²) in [5.74, 6) is 0. The molecule has 0 fully saturated rings. The minimum absolute atomic E-state index is 0.924. The molecule has 0 aliphatic carbocycles. The molecule has 46 heavy (non-hydrogen) atoms. The van der Waals surface area contributed by atoms with Gasteiger partial charge < -0.3 is 4.42 Å². The van der Waals surface area contributed by atoms with E-state index in [1.54, 1.807) is 0 Å². The fourth-order valence-electron chi connectivity index (χ4n) is 8.08. The smallest absolute Gasteiger partial charge is 0.143 e. The fraction of sp³-hybridized carbons (Fsp3) is 0. The highest BCUT2D eigenvalue weighted by Crippen LogP contribution is 2.45. The topological polar surface area (TPSA) is 13.1 Å². The quantitative estimate of drug-likeness (QED) is 0.232. The number of fused-ring (bicyclic) bond motifs is 3. The first-order chi connectivity index (χ1) is 22.4. The van der Waals surface area contributed by atoms with Crippen LogP contribution < -0.4 is 27.3 Å². The first-order valence-electron chi connectivity index (χ1n) is 16.2. The molecule has 0 saturated carbocycles. The lowest BCUT2D eigenvalue weighted by Crippen LogP contribution is -2.55. The van der Waals surface area contributed by atoms with Crippen molar-refractivity contribution in [3.8, 4) is 33.4 Å². The van der Waals surface area contributed by atoms with E-state index in [1.807, 2.05) is 0 Å². The summed E-state index contributed by atoms with van der Waals surface area (Å²) in [6.07, 6.45) is 0. The van der Waals surface area contributed by atoms with Crippen LogP contribution in [0.5, 0.6) is 0 Å². The van der Waals surface area contributed by atoms with Crippen LogP contribution in [0.1, 0.15) is 0 Å². The van der Waals surface area contributed by atoms with Crippen LogP contribution in [-0.2, 0) is 0 Å². The third-order valence-corrected chi connectivity index (χ3v) is 10.8. The maximum absolute atomic E-state index is 6.81. The van der Waals surface area contributed by atoms with E-state index >= 15 is 0 Å². The molecule has 0 aliphatic heterocycles. The van der Waals surface area contributed by atoms with E-state index in [2.05, 4.69) is 154 Å². The van der Waals surface area contributed by atoms with Crippen molar-refractivity contribution in [3.63, 3.8) is 0 Å². The molecule has 6 heteroatoms. The van der Waals surface area contributed by atoms with Gasteiger partial charge in [-0.2, -0.15) is 0 Å². The Kier molecular flexibility index (Phi) is 5.90. The van der Waals surface area contributed by atoms with Gasteiger partial charge >= 0.3 is 0 Å². The predicted molar refractivity (Wildman–Crippen MR) is 215 cm³/mol. The molecular weight excluding hydrogens is 550 g/mol. The zero-order valence-electron chi connectivity index (χ0n) is 26.9. The van der Waals surface area contributed by atoms with E-state index in [9.17, 15) is 0 Å². The lowest BCUT2D eigenvalue weighted by atomic mass is 9.59. The third kappa shape index (κ3) is 3.71. The second kappa shape index (κ2) is 9.96. The maximum Gasteiger partial charge on any atom is 0.143 e. The van der Waals surface area contributed by atoms with E-state index in [0.717, 1.165) is 16.6 Å². The number of furan rings is 1. The lowest BCUT2D eigenvalue weighted by molar-refractivity contribution is 0.670. The molecule has 1 nitrogen and oxygen atoms in total. The van der Waals surface area contributed by atoms with Crippen molar-refractivity contribution in [3.05, 3.63) is 115 Å². The predicted octanol–water partition coefficient (Wildman–Crippen LogP) is 2.78. The molecule has 0 aliphatic rings. The van der Waals surface area contributed by atoms with Crippen molar-refractivity contribution >= 4 is 121 Å². The lowest BCUT2D eigenvalue weighted by Gasteiger charge is -2.20. The number of rotatable bonds is 3. The molecule has 0 atom stereocenters. The van der Waals surface area contributed by atoms with E-state index in [1.165, 1.54) is 98.4 Å². The van der Waals surface area contributed by atoms with Gasteiger partial charge in [-0.05, 0) is 66.2 Å². The molecule has 0 radical (unpaired) electrons. The highest BCUT2D eigenvalue weighted by atomic mass is 16.3. The van der Waals surface area contributed by atoms with Crippen molar-refractivity contribution in [1.82, 2.24) is 0 Å². The molecule has 0 N–H and O–H groups in total. The summed E-state index contributed by atoms with van der Waals surface area (Å²) in [6, 6.07) is 42.3. The average Bonchev–Trinajstić information content (AvgIpc) is 3.49. The molecule has 0 amide bonds. The fourth-order valence-corrected chi connectivity index (χ4v) is 8.08. The van der Waals surface area contributed by atoms with Gasteiger partial charge in [0.1, 0.15) is 50.4 Å². The average molecular weight is 580 g/mol. The van der Waals surface area contributed by atoms with Crippen LogP contribution in [0.4, 0.5) is 0 Å². The zero-order valence-corrected chi connectivity index (χ0v) is 26.9. The van der Waals surface area contributed by atoms with Gasteiger partial charge in [-0.15, -0.1) is 16.4 Å². The molecule has 0 bridgehead atoms. The van der Waals surface area contributed by atoms with Crippen molar-refractivity contribution in [2.75, 3.05) is 0 Å². The van der Waals surface area contributed by atoms with Gasteiger partial charge in [-0.25, -0.2) is 0 Å². The summed E-state index contributed by atoms with van der Waals surface area (Å²) < 4.78 is 6.81. The summed E-state index contributed by atoms with van der Waals surface area (Å²) in [4.78, 5) is 0. The SMILES string of the molecule is Bc1c(B)c(B)c(-c2cccc3c2oc2cccc(-c4ccc5ccc6c(-c7ccccc7)ccc7ccc4c5c76)c23)c(B)c1B. The van der Waals surface area contributed by atoms with Gasteiger partial charge in [-0.3, -0.25) is 0 Å². The van der Waals surface area contributed by atoms with Crippen LogP contribution in [0.25, 0.3) is 87.6 Å². The molecule has 210 valence electrons. The molecular formula is C40H29B5O. The van der Waals surface area contributed by atoms with Gasteiger partial charge in [0.25, 0.3) is 0 Å². The molecule has 9 rings (SSSR count). The van der Waals surface area contributed by atoms with Crippen LogP contribution in [0.3, 0.4) is 0 Å². The van der Waals surface area contributed by atoms with E-state index in [0.29, 0.717) is 0 Å². The monoisotopic (exact) mass is 580 g/mol. The molecule has 8 aromatic carbocycles. The number of benzene rings is 8. The molecule has 0 unspecified atom stereocenters. The van der Waals surface area contributed by atoms with Crippen molar-refractivity contribution in [2.45, 2.75) is 0 Å². The van der Waals surface area contributed by atoms with E-state index in [4.69, 9.17) is 4.42 Å². The largest absolute Gasteiger partial charge is 0.455 e. The molecule has 1 aromatic heterocycles. The Balaban J connectivity index is 1.34. The second-order valence-corrected chi connectivity index (χ2v) is 13.0. The van der Waals surface area contributed by atoms with Crippen LogP contribution in [-0.4, -0.2) is 39.2 Å². The number of hydrogen-bond donors (Lipinski definition) is 0. The summed E-state index contributed by atoms with van der Waals surface area (Å²) in [5.41, 5.74) is 16.1. The van der Waals surface area contributed by atoms with Crippen LogP contribution in [0, 0.1) is 0 Å². The summed E-state index contributed by atoms with van der Waals surface area (Å²) in [7, 11) is 11.2. The minimum atomic E-state index is 0.924. The Morgan fingerprint density at radius 3 is 1.63 bits per heavy atom. The minimum Gasteiger partial charge on any atom is -0.455 e. The normalized spacial score (nSPS) is 11.9. The first kappa shape index (κ1) is 27.3. The van der Waals surface area contributed by atoms with Gasteiger partial charge in [0.05, 0.1) is 0 Å². The van der Waals surface area contributed by atoms with Crippen LogP contribution in [0.15, 0.2) is 120 Å². The molecule has 1 heterocycles. The standard InChI is InChI=1S/C40H29B5O/c41-35-34(36(42)38(44)39(45)37(35)43)29-10-4-9-28-33-25(8-5-11-30(33)46-40(28)29)24-17-13-22-14-18-26-23(20-6-2-1-3-7-20)16-12-21-15-19-27(24)32(22)31(21)26/h1-19H,41-45H2. The van der Waals surface area contributed by atoms with Crippen LogP contribution >= 0.6 is 0 Å². The summed E-state index contributed by atoms with van der Waals surface area (Å²) in [5, 5.41) is 10.1. The number of para-hydroxylation sites is 1. The highest BCUT2D eigenvalue weighted by Gasteiger charge is 2.21. The Hall–Kier alpha value is -5.08. The third-order valence-electron chi connectivity index (χ3n) is 10.8. The molecule has 0 saturated heterocycles. The molecule has 9 aromatic rings. The Morgan fingerprint density at radius 1 is 0.370 bits per heavy atom. The Bertz CT molecular complexity index is 2660. The maximum atomic E-state index is 6.81. The van der Waals surface area contributed by atoms with Gasteiger partial charge in [0.15, 0.2) is 0 Å². The zero-order chi connectivity index (χ0) is 31.3. The van der Waals surface area contributed by atoms with Gasteiger partial charge in [0, 0.05) is 16.3 Å². The summed E-state index contributed by atoms with van der Waals surface area (Å²) >= 11 is 0. The van der Waals surface area contributed by atoms with Crippen molar-refractivity contribution in [1.29, 1.82) is 0 Å².